The Balaban J connectivity index is 2.39. The third-order valence-corrected chi connectivity index (χ3v) is 7.34. The van der Waals surface area contributed by atoms with Crippen LogP contribution in [0.15, 0.2) is 36.7 Å². The lowest BCUT2D eigenvalue weighted by atomic mass is 9.78. The Morgan fingerprint density at radius 1 is 0.788 bits per heavy atom. The molecule has 0 saturated carbocycles. The summed E-state index contributed by atoms with van der Waals surface area (Å²) in [7, 11) is 2.16. The molecule has 2 heteroatoms. The molecule has 2 nitrogen and oxygen atoms in total. The molecule has 3 rings (SSSR count). The minimum Gasteiger partial charge on any atom is -0.359 e. The molecule has 1 atom stereocenters. The smallest absolute Gasteiger partial charge is 0.102 e. The fourth-order valence-corrected chi connectivity index (χ4v) is 5.08. The van der Waals surface area contributed by atoms with Crippen LogP contribution in [0.25, 0.3) is 11.1 Å². The van der Waals surface area contributed by atoms with Gasteiger partial charge in [-0.3, -0.25) is 0 Å². The molecule has 0 spiro atoms. The molecule has 2 aromatic rings. The molecule has 0 aromatic heterocycles. The minimum absolute atomic E-state index is 0.0707. The van der Waals surface area contributed by atoms with Gasteiger partial charge in [0.1, 0.15) is 6.17 Å². The van der Waals surface area contributed by atoms with Crippen molar-refractivity contribution in [3.63, 3.8) is 0 Å². The average molecular weight is 447 g/mol. The first-order valence-electron chi connectivity index (χ1n) is 12.8. The normalized spacial score (nSPS) is 16.8. The summed E-state index contributed by atoms with van der Waals surface area (Å²) in [5.41, 5.74) is 11.4. The molecule has 1 aliphatic rings. The lowest BCUT2D eigenvalue weighted by Crippen LogP contribution is -2.34. The molecule has 1 aliphatic heterocycles. The second-order valence-electron chi connectivity index (χ2n) is 12.0. The molecule has 0 bridgehead atoms. The molecule has 1 heterocycles. The van der Waals surface area contributed by atoms with E-state index in [0.717, 1.165) is 0 Å². The predicted molar refractivity (Wildman–Crippen MR) is 146 cm³/mol. The second-order valence-corrected chi connectivity index (χ2v) is 12.0. The molecule has 0 unspecified atom stereocenters. The van der Waals surface area contributed by atoms with Gasteiger partial charge < -0.3 is 9.80 Å². The van der Waals surface area contributed by atoms with Gasteiger partial charge in [0.15, 0.2) is 0 Å². The first-order valence-corrected chi connectivity index (χ1v) is 12.8. The highest BCUT2D eigenvalue weighted by atomic mass is 15.4. The Hall–Kier alpha value is -2.22. The molecule has 0 aliphatic carbocycles. The van der Waals surface area contributed by atoms with Crippen LogP contribution in [0.3, 0.4) is 0 Å². The van der Waals surface area contributed by atoms with Gasteiger partial charge in [-0.1, -0.05) is 80.5 Å². The van der Waals surface area contributed by atoms with Crippen LogP contribution in [-0.4, -0.2) is 18.1 Å². The van der Waals surface area contributed by atoms with Gasteiger partial charge in [0.2, 0.25) is 0 Å². The van der Waals surface area contributed by atoms with Crippen molar-refractivity contribution < 1.29 is 0 Å². The van der Waals surface area contributed by atoms with E-state index >= 15 is 0 Å². The van der Waals surface area contributed by atoms with Crippen molar-refractivity contribution in [3.8, 4) is 11.1 Å². The van der Waals surface area contributed by atoms with E-state index in [4.69, 9.17) is 0 Å². The zero-order valence-electron chi connectivity index (χ0n) is 23.2. The first-order chi connectivity index (χ1) is 15.2. The van der Waals surface area contributed by atoms with E-state index in [1.54, 1.807) is 0 Å². The van der Waals surface area contributed by atoms with E-state index in [-0.39, 0.29) is 5.41 Å². The maximum absolute atomic E-state index is 2.48. The summed E-state index contributed by atoms with van der Waals surface area (Å²) in [6.45, 7) is 25.6. The monoisotopic (exact) mass is 446 g/mol. The quantitative estimate of drug-likeness (QED) is 0.452. The first kappa shape index (κ1) is 25.4. The molecular weight excluding hydrogens is 400 g/mol. The number of hydrogen-bond acceptors (Lipinski definition) is 2. The van der Waals surface area contributed by atoms with Crippen LogP contribution in [-0.2, 0) is 5.41 Å². The highest BCUT2D eigenvalue weighted by Gasteiger charge is 2.28. The SMILES string of the molecule is Cc1c(N2C=CN(C)[C@@H]2C)cc(-c2c(C(C)C)cc(C(C)C)cc2C(C)C)cc1C(C)(C)C. The van der Waals surface area contributed by atoms with Crippen LogP contribution in [0.5, 0.6) is 0 Å². The van der Waals surface area contributed by atoms with Gasteiger partial charge >= 0.3 is 0 Å². The third kappa shape index (κ3) is 4.86. The predicted octanol–water partition coefficient (Wildman–Crippen LogP) is 8.90. The maximum Gasteiger partial charge on any atom is 0.102 e. The van der Waals surface area contributed by atoms with Gasteiger partial charge in [-0.25, -0.2) is 0 Å². The molecule has 0 saturated heterocycles. The standard InChI is InChI=1S/C31H46N2/c1-19(2)24-15-26(20(3)4)30(27(16-24)21(5)6)25-17-28(31(9,10)11)22(7)29(18-25)33-14-13-32(12)23(33)8/h13-21,23H,1-12H3/t23-/m0/s1. The fourth-order valence-electron chi connectivity index (χ4n) is 5.08. The zero-order valence-corrected chi connectivity index (χ0v) is 23.2. The van der Waals surface area contributed by atoms with Gasteiger partial charge in [0.05, 0.1) is 0 Å². The molecule has 33 heavy (non-hydrogen) atoms. The van der Waals surface area contributed by atoms with Gasteiger partial charge in [0, 0.05) is 25.1 Å². The van der Waals surface area contributed by atoms with E-state index in [2.05, 4.69) is 130 Å². The number of hydrogen-bond donors (Lipinski definition) is 0. The van der Waals surface area contributed by atoms with E-state index in [1.165, 1.54) is 44.6 Å². The summed E-state index contributed by atoms with van der Waals surface area (Å²) in [4.78, 5) is 4.71. The lowest BCUT2D eigenvalue weighted by molar-refractivity contribution is 0.383. The molecular formula is C31H46N2. The molecule has 180 valence electrons. The van der Waals surface area contributed by atoms with Crippen molar-refractivity contribution in [3.05, 3.63) is 64.5 Å². The largest absolute Gasteiger partial charge is 0.359 e. The zero-order chi connectivity index (χ0) is 24.8. The Bertz CT molecular complexity index is 1000. The Labute approximate surface area is 203 Å². The molecule has 0 amide bonds. The summed E-state index contributed by atoms with van der Waals surface area (Å²) in [5.74, 6) is 1.46. The Kier molecular flexibility index (Phi) is 7.08. The van der Waals surface area contributed by atoms with Gasteiger partial charge in [0.25, 0.3) is 0 Å². The van der Waals surface area contributed by atoms with Crippen molar-refractivity contribution in [1.82, 2.24) is 4.90 Å². The summed E-state index contributed by atoms with van der Waals surface area (Å²) < 4.78 is 0. The van der Waals surface area contributed by atoms with E-state index in [0.29, 0.717) is 23.9 Å². The van der Waals surface area contributed by atoms with Gasteiger partial charge in [-0.2, -0.15) is 0 Å². The molecule has 2 aromatic carbocycles. The summed E-state index contributed by atoms with van der Waals surface area (Å²) >= 11 is 0. The highest BCUT2D eigenvalue weighted by Crippen LogP contribution is 2.44. The van der Waals surface area contributed by atoms with Crippen molar-refractivity contribution in [2.45, 2.75) is 105 Å². The Morgan fingerprint density at radius 2 is 1.33 bits per heavy atom. The topological polar surface area (TPSA) is 6.48 Å². The molecule has 0 fully saturated rings. The molecule has 0 radical (unpaired) electrons. The summed E-state index contributed by atoms with van der Waals surface area (Å²) in [6, 6.07) is 9.87. The van der Waals surface area contributed by atoms with Crippen molar-refractivity contribution in [1.29, 1.82) is 0 Å². The van der Waals surface area contributed by atoms with Crippen LogP contribution in [0.1, 0.15) is 115 Å². The van der Waals surface area contributed by atoms with Crippen molar-refractivity contribution >= 4 is 5.69 Å². The van der Waals surface area contributed by atoms with Crippen LogP contribution >= 0.6 is 0 Å². The maximum atomic E-state index is 2.48. The average Bonchev–Trinajstić information content (AvgIpc) is 3.04. The van der Waals surface area contributed by atoms with E-state index < -0.39 is 0 Å². The van der Waals surface area contributed by atoms with Crippen LogP contribution in [0.4, 0.5) is 5.69 Å². The van der Waals surface area contributed by atoms with Gasteiger partial charge in [-0.15, -0.1) is 0 Å². The van der Waals surface area contributed by atoms with Crippen LogP contribution < -0.4 is 4.90 Å². The second kappa shape index (κ2) is 9.20. The number of nitrogens with zero attached hydrogens (tertiary/aromatic N) is 2. The van der Waals surface area contributed by atoms with Crippen molar-refractivity contribution in [2.75, 3.05) is 11.9 Å². The Morgan fingerprint density at radius 3 is 1.73 bits per heavy atom. The highest BCUT2D eigenvalue weighted by molar-refractivity contribution is 5.79. The van der Waals surface area contributed by atoms with E-state index in [1.807, 2.05) is 0 Å². The van der Waals surface area contributed by atoms with Crippen molar-refractivity contribution in [2.24, 2.45) is 0 Å². The number of anilines is 1. The summed E-state index contributed by atoms with van der Waals surface area (Å²) in [6.07, 6.45) is 4.73. The minimum atomic E-state index is 0.0707. The fraction of sp³-hybridized carbons (Fsp3) is 0.548. The summed E-state index contributed by atoms with van der Waals surface area (Å²) in [5, 5.41) is 0. The number of rotatable bonds is 5. The lowest BCUT2D eigenvalue weighted by Gasteiger charge is -2.33. The van der Waals surface area contributed by atoms with Crippen LogP contribution in [0, 0.1) is 6.92 Å². The van der Waals surface area contributed by atoms with Crippen LogP contribution in [0.2, 0.25) is 0 Å². The number of benzene rings is 2. The van der Waals surface area contributed by atoms with Gasteiger partial charge in [-0.05, 0) is 82.0 Å². The molecule has 0 N–H and O–H groups in total. The van der Waals surface area contributed by atoms with E-state index in [9.17, 15) is 0 Å². The third-order valence-electron chi connectivity index (χ3n) is 7.34.